The van der Waals surface area contributed by atoms with E-state index in [1.165, 1.54) is 11.3 Å². The molecule has 0 N–H and O–H groups in total. The smallest absolute Gasteiger partial charge is 0.236 e. The largest absolute Gasteiger partial charge is 0.379 e. The third-order valence-corrected chi connectivity index (χ3v) is 6.13. The van der Waals surface area contributed by atoms with Crippen molar-refractivity contribution in [2.45, 2.75) is 32.5 Å². The van der Waals surface area contributed by atoms with Gasteiger partial charge in [0.1, 0.15) is 0 Å². The zero-order valence-electron chi connectivity index (χ0n) is 16.6. The SMILES string of the molecule is CC(C)N1CC2CN(C(=O)CN3CCOCC3)CCN2Cc2ccccc21. The van der Waals surface area contributed by atoms with Crippen LogP contribution in [0.15, 0.2) is 24.3 Å². The number of rotatable bonds is 3. The first-order chi connectivity index (χ1) is 13.1. The average Bonchev–Trinajstić information content (AvgIpc) is 2.85. The Labute approximate surface area is 162 Å². The minimum Gasteiger partial charge on any atom is -0.379 e. The second-order valence-electron chi connectivity index (χ2n) is 8.23. The third kappa shape index (κ3) is 4.13. The van der Waals surface area contributed by atoms with E-state index >= 15 is 0 Å². The van der Waals surface area contributed by atoms with Gasteiger partial charge in [0.25, 0.3) is 0 Å². The Balaban J connectivity index is 1.45. The van der Waals surface area contributed by atoms with Gasteiger partial charge < -0.3 is 14.5 Å². The van der Waals surface area contributed by atoms with Crippen LogP contribution in [0, 0.1) is 0 Å². The summed E-state index contributed by atoms with van der Waals surface area (Å²) < 4.78 is 5.40. The Morgan fingerprint density at radius 2 is 1.89 bits per heavy atom. The first-order valence-corrected chi connectivity index (χ1v) is 10.3. The number of ether oxygens (including phenoxy) is 1. The van der Waals surface area contributed by atoms with Gasteiger partial charge in [-0.1, -0.05) is 18.2 Å². The maximum atomic E-state index is 12.9. The minimum atomic E-state index is 0.273. The lowest BCUT2D eigenvalue weighted by molar-refractivity contribution is -0.136. The molecule has 3 aliphatic rings. The number of carbonyl (C=O) groups excluding carboxylic acids is 1. The van der Waals surface area contributed by atoms with Gasteiger partial charge in [-0.2, -0.15) is 0 Å². The quantitative estimate of drug-likeness (QED) is 0.799. The van der Waals surface area contributed by atoms with Crippen molar-refractivity contribution >= 4 is 11.6 Å². The van der Waals surface area contributed by atoms with E-state index in [4.69, 9.17) is 4.74 Å². The highest BCUT2D eigenvalue weighted by molar-refractivity contribution is 5.78. The van der Waals surface area contributed by atoms with Crippen molar-refractivity contribution < 1.29 is 9.53 Å². The van der Waals surface area contributed by atoms with Crippen molar-refractivity contribution in [1.82, 2.24) is 14.7 Å². The van der Waals surface area contributed by atoms with Crippen LogP contribution in [0.25, 0.3) is 0 Å². The molecule has 1 atom stereocenters. The fourth-order valence-corrected chi connectivity index (χ4v) is 4.51. The lowest BCUT2D eigenvalue weighted by Crippen LogP contribution is -2.58. The Bertz CT molecular complexity index is 659. The van der Waals surface area contributed by atoms with Gasteiger partial charge in [0, 0.05) is 63.6 Å². The molecule has 0 spiro atoms. The maximum absolute atomic E-state index is 12.9. The molecule has 6 heteroatoms. The molecule has 4 rings (SSSR count). The Morgan fingerprint density at radius 1 is 1.11 bits per heavy atom. The Hall–Kier alpha value is -1.63. The van der Waals surface area contributed by atoms with Crippen molar-refractivity contribution in [1.29, 1.82) is 0 Å². The zero-order valence-corrected chi connectivity index (χ0v) is 16.6. The van der Waals surface area contributed by atoms with E-state index in [-0.39, 0.29) is 5.91 Å². The number of piperazine rings is 1. The Morgan fingerprint density at radius 3 is 2.67 bits per heavy atom. The summed E-state index contributed by atoms with van der Waals surface area (Å²) in [4.78, 5) is 22.3. The molecule has 1 amide bonds. The van der Waals surface area contributed by atoms with Crippen molar-refractivity contribution in [2.24, 2.45) is 0 Å². The van der Waals surface area contributed by atoms with Gasteiger partial charge in [-0.3, -0.25) is 14.6 Å². The number of hydrogen-bond acceptors (Lipinski definition) is 5. The minimum absolute atomic E-state index is 0.273. The molecule has 2 fully saturated rings. The number of nitrogens with zero attached hydrogens (tertiary/aromatic N) is 4. The highest BCUT2D eigenvalue weighted by Gasteiger charge is 2.34. The van der Waals surface area contributed by atoms with Crippen LogP contribution >= 0.6 is 0 Å². The van der Waals surface area contributed by atoms with Crippen molar-refractivity contribution in [3.63, 3.8) is 0 Å². The number of morpholine rings is 1. The molecule has 0 radical (unpaired) electrons. The molecule has 1 aromatic rings. The summed E-state index contributed by atoms with van der Waals surface area (Å²) in [5.41, 5.74) is 2.76. The molecular formula is C21H32N4O2. The highest BCUT2D eigenvalue weighted by atomic mass is 16.5. The van der Waals surface area contributed by atoms with Crippen molar-refractivity contribution in [2.75, 3.05) is 63.9 Å². The third-order valence-electron chi connectivity index (χ3n) is 6.13. The van der Waals surface area contributed by atoms with Gasteiger partial charge in [-0.15, -0.1) is 0 Å². The van der Waals surface area contributed by atoms with E-state index in [0.29, 0.717) is 18.6 Å². The number of fused-ring (bicyclic) bond motifs is 2. The molecule has 1 unspecified atom stereocenters. The summed E-state index contributed by atoms with van der Waals surface area (Å²) in [6.45, 7) is 12.9. The van der Waals surface area contributed by atoms with E-state index in [2.05, 4.69) is 57.7 Å². The molecule has 0 aromatic heterocycles. The number of hydrogen-bond donors (Lipinski definition) is 0. The van der Waals surface area contributed by atoms with Crippen LogP contribution in [0.2, 0.25) is 0 Å². The van der Waals surface area contributed by atoms with Gasteiger partial charge >= 0.3 is 0 Å². The van der Waals surface area contributed by atoms with Crippen LogP contribution in [0.5, 0.6) is 0 Å². The summed E-state index contributed by atoms with van der Waals surface area (Å²) >= 11 is 0. The number of amides is 1. The van der Waals surface area contributed by atoms with Gasteiger partial charge in [-0.05, 0) is 25.5 Å². The van der Waals surface area contributed by atoms with Crippen molar-refractivity contribution in [3.05, 3.63) is 29.8 Å². The van der Waals surface area contributed by atoms with E-state index in [1.54, 1.807) is 0 Å². The van der Waals surface area contributed by atoms with Gasteiger partial charge in [0.2, 0.25) is 5.91 Å². The van der Waals surface area contributed by atoms with Crippen LogP contribution in [0.4, 0.5) is 5.69 Å². The summed E-state index contributed by atoms with van der Waals surface area (Å²) in [5, 5.41) is 0. The first-order valence-electron chi connectivity index (χ1n) is 10.3. The molecule has 3 aliphatic heterocycles. The fourth-order valence-electron chi connectivity index (χ4n) is 4.51. The number of para-hydroxylation sites is 1. The topological polar surface area (TPSA) is 39.3 Å². The lowest BCUT2D eigenvalue weighted by atomic mass is 10.1. The van der Waals surface area contributed by atoms with E-state index in [1.807, 2.05) is 0 Å². The zero-order chi connectivity index (χ0) is 18.8. The van der Waals surface area contributed by atoms with E-state index in [0.717, 1.165) is 59.0 Å². The monoisotopic (exact) mass is 372 g/mol. The molecule has 2 saturated heterocycles. The lowest BCUT2D eigenvalue weighted by Gasteiger charge is -2.42. The van der Waals surface area contributed by atoms with E-state index in [9.17, 15) is 4.79 Å². The van der Waals surface area contributed by atoms with Crippen LogP contribution in [-0.2, 0) is 16.1 Å². The molecule has 27 heavy (non-hydrogen) atoms. The van der Waals surface area contributed by atoms with Gasteiger partial charge in [-0.25, -0.2) is 0 Å². The molecule has 3 heterocycles. The molecular weight excluding hydrogens is 340 g/mol. The predicted octanol–water partition coefficient (Wildman–Crippen LogP) is 1.26. The Kier molecular flexibility index (Phi) is 5.66. The second-order valence-corrected chi connectivity index (χ2v) is 8.23. The highest BCUT2D eigenvalue weighted by Crippen LogP contribution is 2.30. The molecule has 1 aromatic carbocycles. The first kappa shape index (κ1) is 18.7. The summed E-state index contributed by atoms with van der Waals surface area (Å²) in [7, 11) is 0. The predicted molar refractivity (Wildman–Crippen MR) is 107 cm³/mol. The molecule has 0 bridgehead atoms. The average molecular weight is 373 g/mol. The van der Waals surface area contributed by atoms with E-state index < -0.39 is 0 Å². The van der Waals surface area contributed by atoms with Crippen LogP contribution in [0.3, 0.4) is 0 Å². The van der Waals surface area contributed by atoms with Crippen molar-refractivity contribution in [3.8, 4) is 0 Å². The number of benzene rings is 1. The summed E-state index contributed by atoms with van der Waals surface area (Å²) in [6, 6.07) is 9.61. The maximum Gasteiger partial charge on any atom is 0.236 e. The van der Waals surface area contributed by atoms with Crippen LogP contribution < -0.4 is 4.90 Å². The molecule has 0 saturated carbocycles. The fraction of sp³-hybridized carbons (Fsp3) is 0.667. The number of carbonyl (C=O) groups is 1. The molecule has 6 nitrogen and oxygen atoms in total. The second kappa shape index (κ2) is 8.17. The molecule has 0 aliphatic carbocycles. The number of anilines is 1. The standard InChI is InChI=1S/C21H32N4O2/c1-17(2)25-15-19-14-24(21(26)16-22-9-11-27-12-10-22)8-7-23(19)13-18-5-3-4-6-20(18)25/h3-6,17,19H,7-16H2,1-2H3. The molecule has 148 valence electrons. The van der Waals surface area contributed by atoms with Crippen LogP contribution in [-0.4, -0.2) is 91.7 Å². The van der Waals surface area contributed by atoms with Crippen LogP contribution in [0.1, 0.15) is 19.4 Å². The van der Waals surface area contributed by atoms with Gasteiger partial charge in [0.05, 0.1) is 19.8 Å². The van der Waals surface area contributed by atoms with Gasteiger partial charge in [0.15, 0.2) is 0 Å². The summed E-state index contributed by atoms with van der Waals surface area (Å²) in [5.74, 6) is 0.273. The summed E-state index contributed by atoms with van der Waals surface area (Å²) in [6.07, 6.45) is 0. The normalized spacial score (nSPS) is 24.5.